The predicted octanol–water partition coefficient (Wildman–Crippen LogP) is 2.38. The van der Waals surface area contributed by atoms with Crippen molar-refractivity contribution in [1.82, 2.24) is 4.98 Å². The molecule has 0 saturated heterocycles. The van der Waals surface area contributed by atoms with Gasteiger partial charge in [0.05, 0.1) is 17.6 Å². The van der Waals surface area contributed by atoms with Crippen LogP contribution >= 0.6 is 0 Å². The summed E-state index contributed by atoms with van der Waals surface area (Å²) in [7, 11) is -2.77. The number of hydrogen-bond donors (Lipinski definition) is 3. The Bertz CT molecular complexity index is 1210. The smallest absolute Gasteiger partial charge is 0.340 e. The fourth-order valence-corrected chi connectivity index (χ4v) is 3.34. The molecule has 1 aromatic heterocycles. The zero-order chi connectivity index (χ0) is 22.4. The zero-order valence-electron chi connectivity index (χ0n) is 16.5. The summed E-state index contributed by atoms with van der Waals surface area (Å²) in [6, 6.07) is 14.3. The quantitative estimate of drug-likeness (QED) is 0.479. The van der Waals surface area contributed by atoms with E-state index in [0.717, 1.165) is 11.6 Å². The second kappa shape index (κ2) is 9.37. The standard InChI is InChI=1S/C21H20N4O5S/c1-30-21(27)18-12-17(31(22,28)29)5-6-19(18)24-13-14-3-2-4-16(11-14)25-20(26)15-7-9-23-10-8-15/h2-12,24H,13H2,1H3,(H,25,26)(H2,22,28,29). The van der Waals surface area contributed by atoms with Crippen molar-refractivity contribution in [2.75, 3.05) is 17.7 Å². The summed E-state index contributed by atoms with van der Waals surface area (Å²) in [5, 5.41) is 11.0. The third-order valence-electron chi connectivity index (χ3n) is 4.34. The van der Waals surface area contributed by atoms with Crippen LogP contribution in [0.15, 0.2) is 71.9 Å². The predicted molar refractivity (Wildman–Crippen MR) is 115 cm³/mol. The Hall–Kier alpha value is -3.76. The van der Waals surface area contributed by atoms with Crippen LogP contribution in [0.1, 0.15) is 26.3 Å². The molecule has 1 heterocycles. The number of ether oxygens (including phenoxy) is 1. The highest BCUT2D eigenvalue weighted by Crippen LogP contribution is 2.22. The normalized spacial score (nSPS) is 10.9. The number of carbonyl (C=O) groups excluding carboxylic acids is 2. The number of esters is 1. The SMILES string of the molecule is COC(=O)c1cc(S(N)(=O)=O)ccc1NCc1cccc(NC(=O)c2ccncc2)c1. The first-order valence-corrected chi connectivity index (χ1v) is 10.6. The number of nitrogens with one attached hydrogen (secondary N) is 2. The first-order valence-electron chi connectivity index (χ1n) is 9.07. The molecule has 9 nitrogen and oxygen atoms in total. The average Bonchev–Trinajstić information content (AvgIpc) is 2.77. The van der Waals surface area contributed by atoms with Crippen molar-refractivity contribution < 1.29 is 22.7 Å². The summed E-state index contributed by atoms with van der Waals surface area (Å²) in [6.07, 6.45) is 3.07. The molecule has 0 atom stereocenters. The molecule has 0 saturated carbocycles. The third kappa shape index (κ3) is 5.65. The Morgan fingerprint density at radius 1 is 1.06 bits per heavy atom. The lowest BCUT2D eigenvalue weighted by Crippen LogP contribution is -2.15. The molecule has 0 aliphatic heterocycles. The minimum absolute atomic E-state index is 0.0381. The second-order valence-corrected chi connectivity index (χ2v) is 8.05. The number of primary sulfonamides is 1. The largest absolute Gasteiger partial charge is 0.465 e. The van der Waals surface area contributed by atoms with E-state index in [1.165, 1.54) is 31.6 Å². The van der Waals surface area contributed by atoms with Crippen molar-refractivity contribution in [2.24, 2.45) is 5.14 Å². The Kier molecular flexibility index (Phi) is 6.63. The minimum atomic E-state index is -3.97. The monoisotopic (exact) mass is 440 g/mol. The number of methoxy groups -OCH3 is 1. The maximum atomic E-state index is 12.3. The molecule has 10 heteroatoms. The van der Waals surface area contributed by atoms with E-state index in [0.29, 0.717) is 23.5 Å². The van der Waals surface area contributed by atoms with Gasteiger partial charge in [-0.1, -0.05) is 12.1 Å². The lowest BCUT2D eigenvalue weighted by molar-refractivity contribution is 0.0601. The highest BCUT2D eigenvalue weighted by Gasteiger charge is 2.17. The number of amides is 1. The first kappa shape index (κ1) is 21.9. The summed E-state index contributed by atoms with van der Waals surface area (Å²) in [5.74, 6) is -0.967. The Labute approximate surface area is 179 Å². The van der Waals surface area contributed by atoms with E-state index in [4.69, 9.17) is 9.88 Å². The molecule has 0 aliphatic carbocycles. The van der Waals surface area contributed by atoms with Crippen LogP contribution in [0.25, 0.3) is 0 Å². The Morgan fingerprint density at radius 3 is 2.48 bits per heavy atom. The number of pyridine rings is 1. The number of sulfonamides is 1. The molecule has 0 spiro atoms. The number of rotatable bonds is 7. The molecular weight excluding hydrogens is 420 g/mol. The van der Waals surface area contributed by atoms with Gasteiger partial charge < -0.3 is 15.4 Å². The zero-order valence-corrected chi connectivity index (χ0v) is 17.3. The van der Waals surface area contributed by atoms with Crippen LogP contribution in [-0.4, -0.2) is 32.4 Å². The summed E-state index contributed by atoms with van der Waals surface area (Å²) in [4.78, 5) is 28.1. The molecule has 0 aliphatic rings. The topological polar surface area (TPSA) is 140 Å². The molecule has 0 bridgehead atoms. The summed E-state index contributed by atoms with van der Waals surface area (Å²) in [5.41, 5.74) is 2.32. The highest BCUT2D eigenvalue weighted by atomic mass is 32.2. The number of aromatic nitrogens is 1. The lowest BCUT2D eigenvalue weighted by atomic mass is 10.1. The fraction of sp³-hybridized carbons (Fsp3) is 0.0952. The van der Waals surface area contributed by atoms with Gasteiger partial charge in [0.25, 0.3) is 5.91 Å². The second-order valence-electron chi connectivity index (χ2n) is 6.49. The Morgan fingerprint density at radius 2 is 1.81 bits per heavy atom. The van der Waals surface area contributed by atoms with E-state index < -0.39 is 16.0 Å². The van der Waals surface area contributed by atoms with E-state index in [1.54, 1.807) is 30.3 Å². The molecule has 2 aromatic carbocycles. The van der Waals surface area contributed by atoms with Crippen LogP contribution in [0.3, 0.4) is 0 Å². The van der Waals surface area contributed by atoms with Gasteiger partial charge in [-0.05, 0) is 48.0 Å². The number of carbonyl (C=O) groups is 2. The molecule has 4 N–H and O–H groups in total. The van der Waals surface area contributed by atoms with Crippen LogP contribution < -0.4 is 15.8 Å². The van der Waals surface area contributed by atoms with Crippen molar-refractivity contribution in [3.63, 3.8) is 0 Å². The third-order valence-corrected chi connectivity index (χ3v) is 5.25. The Balaban J connectivity index is 1.76. The maximum Gasteiger partial charge on any atom is 0.340 e. The highest BCUT2D eigenvalue weighted by molar-refractivity contribution is 7.89. The van der Waals surface area contributed by atoms with Gasteiger partial charge in [-0.15, -0.1) is 0 Å². The van der Waals surface area contributed by atoms with Gasteiger partial charge in [0.2, 0.25) is 10.0 Å². The van der Waals surface area contributed by atoms with Gasteiger partial charge in [-0.25, -0.2) is 18.4 Å². The molecule has 0 radical (unpaired) electrons. The molecule has 160 valence electrons. The molecule has 3 aromatic rings. The van der Waals surface area contributed by atoms with Gasteiger partial charge in [-0.3, -0.25) is 9.78 Å². The molecule has 1 amide bonds. The van der Waals surface area contributed by atoms with Crippen LogP contribution in [0.4, 0.5) is 11.4 Å². The first-order chi connectivity index (χ1) is 14.8. The molecule has 31 heavy (non-hydrogen) atoms. The fourth-order valence-electron chi connectivity index (χ4n) is 2.80. The minimum Gasteiger partial charge on any atom is -0.465 e. The number of benzene rings is 2. The summed E-state index contributed by atoms with van der Waals surface area (Å²) >= 11 is 0. The van der Waals surface area contributed by atoms with Crippen molar-refractivity contribution in [1.29, 1.82) is 0 Å². The van der Waals surface area contributed by atoms with Gasteiger partial charge in [0.1, 0.15) is 0 Å². The van der Waals surface area contributed by atoms with Gasteiger partial charge in [-0.2, -0.15) is 0 Å². The van der Waals surface area contributed by atoms with Crippen molar-refractivity contribution in [2.45, 2.75) is 11.4 Å². The summed E-state index contributed by atoms with van der Waals surface area (Å²) in [6.45, 7) is 0.303. The summed E-state index contributed by atoms with van der Waals surface area (Å²) < 4.78 is 27.9. The van der Waals surface area contributed by atoms with Crippen LogP contribution in [0.2, 0.25) is 0 Å². The van der Waals surface area contributed by atoms with Crippen molar-refractivity contribution in [3.8, 4) is 0 Å². The van der Waals surface area contributed by atoms with E-state index >= 15 is 0 Å². The van der Waals surface area contributed by atoms with Crippen molar-refractivity contribution in [3.05, 3.63) is 83.7 Å². The van der Waals surface area contributed by atoms with E-state index in [1.807, 2.05) is 6.07 Å². The van der Waals surface area contributed by atoms with E-state index in [9.17, 15) is 18.0 Å². The number of hydrogen-bond acceptors (Lipinski definition) is 7. The molecule has 0 unspecified atom stereocenters. The van der Waals surface area contributed by atoms with Gasteiger partial charge in [0, 0.05) is 35.9 Å². The average molecular weight is 440 g/mol. The van der Waals surface area contributed by atoms with Crippen molar-refractivity contribution >= 4 is 33.3 Å². The number of anilines is 2. The number of nitrogens with zero attached hydrogens (tertiary/aromatic N) is 1. The van der Waals surface area contributed by atoms with Gasteiger partial charge >= 0.3 is 5.97 Å². The maximum absolute atomic E-state index is 12.3. The van der Waals surface area contributed by atoms with Crippen LogP contribution in [0, 0.1) is 0 Å². The van der Waals surface area contributed by atoms with E-state index in [2.05, 4.69) is 15.6 Å². The molecule has 0 fully saturated rings. The number of nitrogens with two attached hydrogens (primary N) is 1. The van der Waals surface area contributed by atoms with Crippen LogP contribution in [0.5, 0.6) is 0 Å². The lowest BCUT2D eigenvalue weighted by Gasteiger charge is -2.13. The van der Waals surface area contributed by atoms with Crippen LogP contribution in [-0.2, 0) is 21.3 Å². The van der Waals surface area contributed by atoms with Gasteiger partial charge in [0.15, 0.2) is 0 Å². The van der Waals surface area contributed by atoms with E-state index in [-0.39, 0.29) is 16.4 Å². The molecular formula is C21H20N4O5S. The molecule has 3 rings (SSSR count).